The number of aromatic nitrogens is 4. The number of aryl methyl sites for hydroxylation is 1. The number of halogens is 1. The van der Waals surface area contributed by atoms with Gasteiger partial charge in [-0.3, -0.25) is 18.9 Å². The average Bonchev–Trinajstić information content (AvgIpc) is 3.23. The standard InChI is InChI=1S/C27H31FN6O2/c1-27(2,3)19-9-7-10-20(16-19)32-12-14-33(15-13-32)25-29-23-22(24(35)30-26(36)31(23)4)34(25)17-18-8-5-6-11-21(18)28/h5-11,16H,12-15,17H2,1-4H3,(H,30,35,36). The van der Waals surface area contributed by atoms with Crippen LogP contribution >= 0.6 is 0 Å². The lowest BCUT2D eigenvalue weighted by Crippen LogP contribution is -2.47. The number of anilines is 2. The fraction of sp³-hybridized carbons (Fsp3) is 0.370. The monoisotopic (exact) mass is 490 g/mol. The molecule has 1 fully saturated rings. The van der Waals surface area contributed by atoms with Crippen LogP contribution in [0.1, 0.15) is 31.9 Å². The Bertz CT molecular complexity index is 1540. The van der Waals surface area contributed by atoms with E-state index in [1.54, 1.807) is 29.8 Å². The van der Waals surface area contributed by atoms with Crippen molar-refractivity contribution in [2.75, 3.05) is 36.0 Å². The third-order valence-corrected chi connectivity index (χ3v) is 6.91. The van der Waals surface area contributed by atoms with E-state index in [1.807, 2.05) is 0 Å². The summed E-state index contributed by atoms with van der Waals surface area (Å²) in [6.07, 6.45) is 0. The SMILES string of the molecule is Cn1c(=O)[nH]c(=O)c2c1nc(N1CCN(c3cccc(C(C)(C)C)c3)CC1)n2Cc1ccccc1F. The van der Waals surface area contributed by atoms with Crippen LogP contribution in [0.25, 0.3) is 11.2 Å². The van der Waals surface area contributed by atoms with E-state index < -0.39 is 11.2 Å². The van der Waals surface area contributed by atoms with E-state index in [2.05, 4.69) is 59.8 Å². The van der Waals surface area contributed by atoms with Crippen LogP contribution in [0, 0.1) is 5.82 Å². The van der Waals surface area contributed by atoms with Gasteiger partial charge in [0.2, 0.25) is 5.95 Å². The predicted molar refractivity (Wildman–Crippen MR) is 141 cm³/mol. The second-order valence-corrected chi connectivity index (χ2v) is 10.4. The van der Waals surface area contributed by atoms with E-state index in [9.17, 15) is 14.0 Å². The van der Waals surface area contributed by atoms with Crippen molar-refractivity contribution < 1.29 is 4.39 Å². The summed E-state index contributed by atoms with van der Waals surface area (Å²) in [5.41, 5.74) is 2.47. The van der Waals surface area contributed by atoms with Gasteiger partial charge in [0, 0.05) is 44.5 Å². The summed E-state index contributed by atoms with van der Waals surface area (Å²) < 4.78 is 17.6. The van der Waals surface area contributed by atoms with Crippen LogP contribution in [0.5, 0.6) is 0 Å². The molecule has 3 heterocycles. The van der Waals surface area contributed by atoms with Crippen molar-refractivity contribution in [1.29, 1.82) is 0 Å². The molecule has 1 aliphatic rings. The average molecular weight is 491 g/mol. The summed E-state index contributed by atoms with van der Waals surface area (Å²) in [5.74, 6) is 0.207. The third-order valence-electron chi connectivity index (χ3n) is 6.91. The van der Waals surface area contributed by atoms with Crippen LogP contribution in [0.15, 0.2) is 58.1 Å². The van der Waals surface area contributed by atoms with E-state index >= 15 is 0 Å². The molecule has 1 saturated heterocycles. The van der Waals surface area contributed by atoms with Crippen LogP contribution in [0.4, 0.5) is 16.0 Å². The van der Waals surface area contributed by atoms with Crippen LogP contribution in [-0.4, -0.2) is 45.3 Å². The number of nitrogens with zero attached hydrogens (tertiary/aromatic N) is 5. The van der Waals surface area contributed by atoms with E-state index in [4.69, 9.17) is 4.98 Å². The molecule has 0 bridgehead atoms. The zero-order valence-corrected chi connectivity index (χ0v) is 21.1. The van der Waals surface area contributed by atoms with Gasteiger partial charge in [-0.2, -0.15) is 4.98 Å². The molecule has 0 unspecified atom stereocenters. The highest BCUT2D eigenvalue weighted by molar-refractivity contribution is 5.74. The molecule has 8 nitrogen and oxygen atoms in total. The van der Waals surface area contributed by atoms with Crippen molar-refractivity contribution >= 4 is 22.8 Å². The van der Waals surface area contributed by atoms with Crippen molar-refractivity contribution in [3.8, 4) is 0 Å². The maximum atomic E-state index is 14.6. The highest BCUT2D eigenvalue weighted by Gasteiger charge is 2.26. The number of rotatable bonds is 4. The fourth-order valence-electron chi connectivity index (χ4n) is 4.74. The molecular formula is C27H31FN6O2. The molecule has 2 aromatic heterocycles. The number of hydrogen-bond acceptors (Lipinski definition) is 5. The van der Waals surface area contributed by atoms with Gasteiger partial charge in [-0.1, -0.05) is 51.1 Å². The van der Waals surface area contributed by atoms with Gasteiger partial charge < -0.3 is 9.80 Å². The van der Waals surface area contributed by atoms with Crippen LogP contribution in [0.3, 0.4) is 0 Å². The minimum absolute atomic E-state index is 0.0679. The molecular weight excluding hydrogens is 459 g/mol. The normalized spacial score (nSPS) is 14.6. The molecule has 0 atom stereocenters. The summed E-state index contributed by atoms with van der Waals surface area (Å²) in [4.78, 5) is 36.6. The molecule has 1 aliphatic heterocycles. The first kappa shape index (κ1) is 23.8. The zero-order valence-electron chi connectivity index (χ0n) is 21.1. The van der Waals surface area contributed by atoms with E-state index in [0.717, 1.165) is 13.1 Å². The predicted octanol–water partition coefficient (Wildman–Crippen LogP) is 3.23. The molecule has 0 radical (unpaired) electrons. The van der Waals surface area contributed by atoms with Gasteiger partial charge in [-0.25, -0.2) is 9.18 Å². The molecule has 36 heavy (non-hydrogen) atoms. The second kappa shape index (κ2) is 8.96. The van der Waals surface area contributed by atoms with Crippen LogP contribution in [0.2, 0.25) is 0 Å². The second-order valence-electron chi connectivity index (χ2n) is 10.4. The Morgan fingerprint density at radius 1 is 0.972 bits per heavy atom. The molecule has 1 N–H and O–H groups in total. The van der Waals surface area contributed by atoms with E-state index in [1.165, 1.54) is 21.9 Å². The zero-order chi connectivity index (χ0) is 25.6. The van der Waals surface area contributed by atoms with Gasteiger partial charge in [-0.05, 0) is 29.2 Å². The minimum atomic E-state index is -0.529. The summed E-state index contributed by atoms with van der Waals surface area (Å²) in [5, 5.41) is 0. The summed E-state index contributed by atoms with van der Waals surface area (Å²) in [6, 6.07) is 15.1. The number of benzene rings is 2. The van der Waals surface area contributed by atoms with E-state index in [0.29, 0.717) is 24.6 Å². The summed E-state index contributed by atoms with van der Waals surface area (Å²) in [6.45, 7) is 9.64. The van der Waals surface area contributed by atoms with Crippen molar-refractivity contribution in [2.45, 2.75) is 32.7 Å². The molecule has 0 spiro atoms. The highest BCUT2D eigenvalue weighted by atomic mass is 19.1. The van der Waals surface area contributed by atoms with Crippen LogP contribution < -0.4 is 21.0 Å². The Morgan fingerprint density at radius 3 is 2.36 bits per heavy atom. The summed E-state index contributed by atoms with van der Waals surface area (Å²) >= 11 is 0. The highest BCUT2D eigenvalue weighted by Crippen LogP contribution is 2.28. The lowest BCUT2D eigenvalue weighted by atomic mass is 9.87. The molecule has 9 heteroatoms. The van der Waals surface area contributed by atoms with E-state index in [-0.39, 0.29) is 28.9 Å². The van der Waals surface area contributed by atoms with Crippen molar-refractivity contribution in [3.63, 3.8) is 0 Å². The molecule has 0 saturated carbocycles. The van der Waals surface area contributed by atoms with Gasteiger partial charge in [0.05, 0.1) is 6.54 Å². The van der Waals surface area contributed by atoms with Crippen LogP contribution in [-0.2, 0) is 19.0 Å². The van der Waals surface area contributed by atoms with Gasteiger partial charge in [0.25, 0.3) is 5.56 Å². The first-order chi connectivity index (χ1) is 17.1. The number of hydrogen-bond donors (Lipinski definition) is 1. The number of imidazole rings is 1. The van der Waals surface area contributed by atoms with Gasteiger partial charge in [0.15, 0.2) is 11.2 Å². The number of fused-ring (bicyclic) bond motifs is 1. The van der Waals surface area contributed by atoms with Crippen molar-refractivity contribution in [2.24, 2.45) is 7.05 Å². The van der Waals surface area contributed by atoms with Gasteiger partial charge in [0.1, 0.15) is 5.82 Å². The smallest absolute Gasteiger partial charge is 0.329 e. The third kappa shape index (κ3) is 4.29. The summed E-state index contributed by atoms with van der Waals surface area (Å²) in [7, 11) is 1.57. The maximum absolute atomic E-state index is 14.6. The first-order valence-corrected chi connectivity index (χ1v) is 12.2. The largest absolute Gasteiger partial charge is 0.368 e. The van der Waals surface area contributed by atoms with Crippen molar-refractivity contribution in [1.82, 2.24) is 19.1 Å². The quantitative estimate of drug-likeness (QED) is 0.475. The maximum Gasteiger partial charge on any atom is 0.329 e. The molecule has 188 valence electrons. The molecule has 2 aromatic carbocycles. The molecule has 4 aromatic rings. The molecule has 5 rings (SSSR count). The van der Waals surface area contributed by atoms with Gasteiger partial charge in [-0.15, -0.1) is 0 Å². The Hall–Kier alpha value is -3.88. The minimum Gasteiger partial charge on any atom is -0.368 e. The Morgan fingerprint density at radius 2 is 1.67 bits per heavy atom. The van der Waals surface area contributed by atoms with Crippen molar-refractivity contribution in [3.05, 3.63) is 86.3 Å². The lowest BCUT2D eigenvalue weighted by Gasteiger charge is -2.37. The first-order valence-electron chi connectivity index (χ1n) is 12.2. The topological polar surface area (TPSA) is 79.2 Å². The Labute approximate surface area is 208 Å². The molecule has 0 amide bonds. The number of H-pyrrole nitrogens is 1. The Balaban J connectivity index is 1.50. The number of piperazine rings is 1. The molecule has 0 aliphatic carbocycles. The Kier molecular flexibility index (Phi) is 5.94. The fourth-order valence-corrected chi connectivity index (χ4v) is 4.74. The number of nitrogens with one attached hydrogen (secondary N) is 1. The number of aromatic amines is 1. The van der Waals surface area contributed by atoms with Gasteiger partial charge >= 0.3 is 5.69 Å². The lowest BCUT2D eigenvalue weighted by molar-refractivity contribution is 0.586.